The molecule has 0 heterocycles. The van der Waals surface area contributed by atoms with Crippen LogP contribution in [0.25, 0.3) is 0 Å². The molecule has 2 nitrogen and oxygen atoms in total. The van der Waals surface area contributed by atoms with Crippen molar-refractivity contribution >= 4 is 6.29 Å². The lowest BCUT2D eigenvalue weighted by Gasteiger charge is -2.10. The van der Waals surface area contributed by atoms with E-state index >= 15 is 0 Å². The SMILES string of the molecule is Cc1ccc(CNCC=O)c(C)c1C. The lowest BCUT2D eigenvalue weighted by atomic mass is 9.99. The highest BCUT2D eigenvalue weighted by molar-refractivity contribution is 5.52. The summed E-state index contributed by atoms with van der Waals surface area (Å²) in [4.78, 5) is 10.1. The summed E-state index contributed by atoms with van der Waals surface area (Å²) in [6.07, 6.45) is 0.885. The van der Waals surface area contributed by atoms with Crippen molar-refractivity contribution in [3.05, 3.63) is 34.4 Å². The van der Waals surface area contributed by atoms with E-state index in [1.165, 1.54) is 22.3 Å². The fourth-order valence-electron chi connectivity index (χ4n) is 1.47. The van der Waals surface area contributed by atoms with Gasteiger partial charge in [0, 0.05) is 6.54 Å². The van der Waals surface area contributed by atoms with Crippen molar-refractivity contribution in [2.24, 2.45) is 0 Å². The topological polar surface area (TPSA) is 29.1 Å². The molecule has 0 spiro atoms. The second-order valence-corrected chi connectivity index (χ2v) is 3.59. The molecule has 76 valence electrons. The Labute approximate surface area is 85.3 Å². The Balaban J connectivity index is 2.78. The van der Waals surface area contributed by atoms with Crippen LogP contribution in [0.3, 0.4) is 0 Å². The molecule has 0 unspecified atom stereocenters. The Bertz CT molecular complexity index is 331. The van der Waals surface area contributed by atoms with Gasteiger partial charge >= 0.3 is 0 Å². The molecule has 0 saturated heterocycles. The van der Waals surface area contributed by atoms with E-state index in [0.29, 0.717) is 6.54 Å². The Morgan fingerprint density at radius 2 is 1.93 bits per heavy atom. The third-order valence-electron chi connectivity index (χ3n) is 2.71. The molecule has 0 amide bonds. The first-order chi connectivity index (χ1) is 6.66. The van der Waals surface area contributed by atoms with Gasteiger partial charge in [-0.2, -0.15) is 0 Å². The summed E-state index contributed by atoms with van der Waals surface area (Å²) in [5.41, 5.74) is 5.26. The highest BCUT2D eigenvalue weighted by atomic mass is 16.1. The highest BCUT2D eigenvalue weighted by Crippen LogP contribution is 2.16. The average Bonchev–Trinajstić information content (AvgIpc) is 2.18. The van der Waals surface area contributed by atoms with Crippen molar-refractivity contribution in [2.45, 2.75) is 27.3 Å². The number of hydrogen-bond acceptors (Lipinski definition) is 2. The molecule has 0 radical (unpaired) electrons. The molecular weight excluding hydrogens is 174 g/mol. The van der Waals surface area contributed by atoms with Crippen molar-refractivity contribution in [1.29, 1.82) is 0 Å². The van der Waals surface area contributed by atoms with Gasteiger partial charge in [0.1, 0.15) is 6.29 Å². The van der Waals surface area contributed by atoms with Crippen LogP contribution < -0.4 is 5.32 Å². The maximum absolute atomic E-state index is 10.1. The van der Waals surface area contributed by atoms with E-state index in [1.807, 2.05) is 0 Å². The van der Waals surface area contributed by atoms with Gasteiger partial charge in [-0.15, -0.1) is 0 Å². The van der Waals surface area contributed by atoms with Crippen molar-refractivity contribution < 1.29 is 4.79 Å². The fourth-order valence-corrected chi connectivity index (χ4v) is 1.47. The average molecular weight is 191 g/mol. The standard InChI is InChI=1S/C12H17NO/c1-9-4-5-12(8-13-6-7-14)11(3)10(9)2/h4-5,7,13H,6,8H2,1-3H3. The van der Waals surface area contributed by atoms with Gasteiger partial charge in [-0.05, 0) is 43.0 Å². The number of aldehydes is 1. The zero-order valence-corrected chi connectivity index (χ0v) is 9.05. The smallest absolute Gasteiger partial charge is 0.133 e. The quantitative estimate of drug-likeness (QED) is 0.581. The second kappa shape index (κ2) is 4.91. The van der Waals surface area contributed by atoms with E-state index in [9.17, 15) is 4.79 Å². The molecule has 1 aromatic rings. The van der Waals surface area contributed by atoms with Gasteiger partial charge in [0.15, 0.2) is 0 Å². The van der Waals surface area contributed by atoms with E-state index in [1.54, 1.807) is 0 Å². The molecule has 0 atom stereocenters. The molecule has 14 heavy (non-hydrogen) atoms. The van der Waals surface area contributed by atoms with Crippen LogP contribution in [-0.4, -0.2) is 12.8 Å². The Morgan fingerprint density at radius 1 is 1.21 bits per heavy atom. The first-order valence-electron chi connectivity index (χ1n) is 4.87. The molecule has 0 aliphatic rings. The van der Waals surface area contributed by atoms with Crippen molar-refractivity contribution in [2.75, 3.05) is 6.54 Å². The lowest BCUT2D eigenvalue weighted by Crippen LogP contribution is -2.16. The molecule has 0 aliphatic heterocycles. The Kier molecular flexibility index (Phi) is 3.84. The second-order valence-electron chi connectivity index (χ2n) is 3.59. The molecule has 0 bridgehead atoms. The summed E-state index contributed by atoms with van der Waals surface area (Å²) in [6.45, 7) is 7.57. The molecule has 0 saturated carbocycles. The van der Waals surface area contributed by atoms with Crippen LogP contribution in [0.5, 0.6) is 0 Å². The van der Waals surface area contributed by atoms with Crippen LogP contribution in [0.4, 0.5) is 0 Å². The Hall–Kier alpha value is -1.15. The van der Waals surface area contributed by atoms with Gasteiger partial charge < -0.3 is 10.1 Å². The number of carbonyl (C=O) groups is 1. The molecule has 0 aromatic heterocycles. The van der Waals surface area contributed by atoms with Crippen LogP contribution in [0, 0.1) is 20.8 Å². The molecule has 1 N–H and O–H groups in total. The number of aryl methyl sites for hydroxylation is 1. The monoisotopic (exact) mass is 191 g/mol. The van der Waals surface area contributed by atoms with Crippen LogP contribution in [-0.2, 0) is 11.3 Å². The Morgan fingerprint density at radius 3 is 2.57 bits per heavy atom. The minimum Gasteiger partial charge on any atom is -0.306 e. The van der Waals surface area contributed by atoms with Gasteiger partial charge in [-0.25, -0.2) is 0 Å². The highest BCUT2D eigenvalue weighted by Gasteiger charge is 2.02. The zero-order valence-electron chi connectivity index (χ0n) is 9.05. The summed E-state index contributed by atoms with van der Waals surface area (Å²) in [5.74, 6) is 0. The summed E-state index contributed by atoms with van der Waals surface area (Å²) >= 11 is 0. The van der Waals surface area contributed by atoms with Crippen molar-refractivity contribution in [3.8, 4) is 0 Å². The van der Waals surface area contributed by atoms with E-state index in [-0.39, 0.29) is 0 Å². The maximum atomic E-state index is 10.1. The maximum Gasteiger partial charge on any atom is 0.133 e. The van der Waals surface area contributed by atoms with E-state index in [0.717, 1.165) is 12.8 Å². The lowest BCUT2D eigenvalue weighted by molar-refractivity contribution is -0.107. The van der Waals surface area contributed by atoms with Crippen molar-refractivity contribution in [3.63, 3.8) is 0 Å². The summed E-state index contributed by atoms with van der Waals surface area (Å²) in [7, 11) is 0. The normalized spacial score (nSPS) is 10.2. The summed E-state index contributed by atoms with van der Waals surface area (Å²) in [6, 6.07) is 4.25. The third kappa shape index (κ3) is 2.42. The number of carbonyl (C=O) groups excluding carboxylic acids is 1. The zero-order chi connectivity index (χ0) is 10.6. The van der Waals surface area contributed by atoms with Crippen LogP contribution in [0.1, 0.15) is 22.3 Å². The molecule has 1 rings (SSSR count). The molecule has 0 aliphatic carbocycles. The first kappa shape index (κ1) is 10.9. The summed E-state index contributed by atoms with van der Waals surface area (Å²) < 4.78 is 0. The van der Waals surface area contributed by atoms with Crippen LogP contribution in [0.2, 0.25) is 0 Å². The molecular formula is C12H17NO. The largest absolute Gasteiger partial charge is 0.306 e. The van der Waals surface area contributed by atoms with Gasteiger partial charge in [-0.3, -0.25) is 0 Å². The van der Waals surface area contributed by atoms with E-state index < -0.39 is 0 Å². The van der Waals surface area contributed by atoms with Crippen molar-refractivity contribution in [1.82, 2.24) is 5.32 Å². The third-order valence-corrected chi connectivity index (χ3v) is 2.71. The predicted octanol–water partition coefficient (Wildman–Crippen LogP) is 1.90. The molecule has 0 fully saturated rings. The predicted molar refractivity (Wildman–Crippen MR) is 58.4 cm³/mol. The molecule has 1 aromatic carbocycles. The number of rotatable bonds is 4. The van der Waals surface area contributed by atoms with Crippen LogP contribution in [0.15, 0.2) is 12.1 Å². The van der Waals surface area contributed by atoms with Gasteiger partial charge in [0.2, 0.25) is 0 Å². The van der Waals surface area contributed by atoms with E-state index in [4.69, 9.17) is 0 Å². The number of hydrogen-bond donors (Lipinski definition) is 1. The number of benzene rings is 1. The van der Waals surface area contributed by atoms with Crippen LogP contribution >= 0.6 is 0 Å². The summed E-state index contributed by atoms with van der Waals surface area (Å²) in [5, 5.41) is 3.07. The van der Waals surface area contributed by atoms with Gasteiger partial charge in [-0.1, -0.05) is 12.1 Å². The first-order valence-corrected chi connectivity index (χ1v) is 4.87. The molecule has 2 heteroatoms. The minimum atomic E-state index is 0.423. The van der Waals surface area contributed by atoms with Gasteiger partial charge in [0.05, 0.1) is 6.54 Å². The van der Waals surface area contributed by atoms with Gasteiger partial charge in [0.25, 0.3) is 0 Å². The van der Waals surface area contributed by atoms with E-state index in [2.05, 4.69) is 38.2 Å². The minimum absolute atomic E-state index is 0.423. The fraction of sp³-hybridized carbons (Fsp3) is 0.417. The number of nitrogens with one attached hydrogen (secondary N) is 1.